The minimum Gasteiger partial charge on any atom is -0.494 e. The molecule has 0 aliphatic heterocycles. The molecule has 3 aromatic rings. The Bertz CT molecular complexity index is 808. The van der Waals surface area contributed by atoms with E-state index >= 15 is 0 Å². The number of ether oxygens (including phenoxy) is 1. The van der Waals surface area contributed by atoms with Gasteiger partial charge in [0.1, 0.15) is 17.1 Å². The molecule has 0 aliphatic carbocycles. The van der Waals surface area contributed by atoms with Crippen molar-refractivity contribution < 1.29 is 4.74 Å². The zero-order valence-electron chi connectivity index (χ0n) is 12.4. The molecule has 0 saturated carbocycles. The Hall–Kier alpha value is -2.00. The molecule has 0 spiro atoms. The van der Waals surface area contributed by atoms with Crippen molar-refractivity contribution in [2.75, 3.05) is 7.11 Å². The molecule has 21 heavy (non-hydrogen) atoms. The summed E-state index contributed by atoms with van der Waals surface area (Å²) in [4.78, 5) is 4.64. The zero-order valence-corrected chi connectivity index (χ0v) is 13.1. The van der Waals surface area contributed by atoms with Crippen molar-refractivity contribution in [2.45, 2.75) is 19.7 Å². The maximum atomic E-state index is 6.10. The molecule has 108 valence electrons. The van der Waals surface area contributed by atoms with Gasteiger partial charge in [0.05, 0.1) is 18.5 Å². The maximum absolute atomic E-state index is 6.10. The van der Waals surface area contributed by atoms with Crippen molar-refractivity contribution in [1.29, 1.82) is 0 Å². The highest BCUT2D eigenvalue weighted by Gasteiger charge is 2.15. The van der Waals surface area contributed by atoms with Crippen LogP contribution in [0.3, 0.4) is 0 Å². The molecule has 3 rings (SSSR count). The van der Waals surface area contributed by atoms with E-state index in [-0.39, 0.29) is 0 Å². The van der Waals surface area contributed by atoms with Gasteiger partial charge in [0.25, 0.3) is 0 Å². The highest BCUT2D eigenvalue weighted by atomic mass is 35.5. The summed E-state index contributed by atoms with van der Waals surface area (Å²) in [6, 6.07) is 12.3. The SMILES string of the molecule is COc1cccc2c1nc(CCl)n2-c1ccc(C)c(C)c1. The zero-order chi connectivity index (χ0) is 15.0. The third-order valence-corrected chi connectivity index (χ3v) is 4.04. The average Bonchev–Trinajstić information content (AvgIpc) is 2.88. The Balaban J connectivity index is 2.32. The highest BCUT2D eigenvalue weighted by molar-refractivity contribution is 6.17. The number of hydrogen-bond acceptors (Lipinski definition) is 2. The van der Waals surface area contributed by atoms with Crippen LogP contribution in [-0.4, -0.2) is 16.7 Å². The first-order chi connectivity index (χ1) is 10.2. The molecule has 0 N–H and O–H groups in total. The van der Waals surface area contributed by atoms with E-state index in [1.54, 1.807) is 7.11 Å². The minimum atomic E-state index is 0.352. The Labute approximate surface area is 129 Å². The number of nitrogens with zero attached hydrogens (tertiary/aromatic N) is 2. The second-order valence-electron chi connectivity index (χ2n) is 5.09. The molecular formula is C17H17ClN2O. The lowest BCUT2D eigenvalue weighted by molar-refractivity contribution is 0.419. The van der Waals surface area contributed by atoms with Gasteiger partial charge >= 0.3 is 0 Å². The van der Waals surface area contributed by atoms with Crippen LogP contribution >= 0.6 is 11.6 Å². The van der Waals surface area contributed by atoms with Crippen LogP contribution in [0.2, 0.25) is 0 Å². The normalized spacial score (nSPS) is 11.0. The fourth-order valence-corrected chi connectivity index (χ4v) is 2.71. The highest BCUT2D eigenvalue weighted by Crippen LogP contribution is 2.29. The molecule has 0 radical (unpaired) electrons. The predicted molar refractivity (Wildman–Crippen MR) is 86.7 cm³/mol. The molecule has 1 heterocycles. The number of aryl methyl sites for hydroxylation is 2. The Kier molecular flexibility index (Phi) is 3.60. The summed E-state index contributed by atoms with van der Waals surface area (Å²) in [6.07, 6.45) is 0. The fraction of sp³-hybridized carbons (Fsp3) is 0.235. The van der Waals surface area contributed by atoms with Crippen LogP contribution in [0, 0.1) is 13.8 Å². The Morgan fingerprint density at radius 3 is 2.62 bits per heavy atom. The lowest BCUT2D eigenvalue weighted by Crippen LogP contribution is -2.00. The van der Waals surface area contributed by atoms with Crippen LogP contribution in [0.4, 0.5) is 0 Å². The van der Waals surface area contributed by atoms with Gasteiger partial charge in [0.15, 0.2) is 0 Å². The van der Waals surface area contributed by atoms with Gasteiger partial charge < -0.3 is 4.74 Å². The van der Waals surface area contributed by atoms with Crippen molar-refractivity contribution in [3.8, 4) is 11.4 Å². The first-order valence-electron chi connectivity index (χ1n) is 6.83. The summed E-state index contributed by atoms with van der Waals surface area (Å²) in [6.45, 7) is 4.22. The van der Waals surface area contributed by atoms with Crippen molar-refractivity contribution in [1.82, 2.24) is 9.55 Å². The fourth-order valence-electron chi connectivity index (χ4n) is 2.53. The van der Waals surface area contributed by atoms with E-state index in [0.717, 1.165) is 28.3 Å². The molecule has 0 bridgehead atoms. The first kappa shape index (κ1) is 14.0. The first-order valence-corrected chi connectivity index (χ1v) is 7.37. The third kappa shape index (κ3) is 2.28. The lowest BCUT2D eigenvalue weighted by atomic mass is 10.1. The standard InChI is InChI=1S/C17H17ClN2O/c1-11-7-8-13(9-12(11)2)20-14-5-4-6-15(21-3)17(14)19-16(20)10-18/h4-9H,10H2,1-3H3. The van der Waals surface area contributed by atoms with Gasteiger partial charge in [-0.15, -0.1) is 11.6 Å². The molecule has 4 heteroatoms. The van der Waals surface area contributed by atoms with Gasteiger partial charge in [-0.25, -0.2) is 4.98 Å². The van der Waals surface area contributed by atoms with E-state index in [9.17, 15) is 0 Å². The number of alkyl halides is 1. The van der Waals surface area contributed by atoms with Crippen LogP contribution in [0.15, 0.2) is 36.4 Å². The van der Waals surface area contributed by atoms with E-state index in [4.69, 9.17) is 16.3 Å². The molecule has 0 atom stereocenters. The molecular weight excluding hydrogens is 284 g/mol. The second-order valence-corrected chi connectivity index (χ2v) is 5.36. The summed E-state index contributed by atoms with van der Waals surface area (Å²) in [5.74, 6) is 1.94. The van der Waals surface area contributed by atoms with Gasteiger partial charge in [0.2, 0.25) is 0 Å². The van der Waals surface area contributed by atoms with Gasteiger partial charge in [0, 0.05) is 5.69 Å². The molecule has 1 aromatic heterocycles. The summed E-state index contributed by atoms with van der Waals surface area (Å²) in [5.41, 5.74) is 5.44. The van der Waals surface area contributed by atoms with Gasteiger partial charge in [-0.2, -0.15) is 0 Å². The smallest absolute Gasteiger partial charge is 0.146 e. The topological polar surface area (TPSA) is 27.1 Å². The molecule has 0 unspecified atom stereocenters. The largest absolute Gasteiger partial charge is 0.494 e. The van der Waals surface area contributed by atoms with Crippen LogP contribution in [0.5, 0.6) is 5.75 Å². The van der Waals surface area contributed by atoms with E-state index in [2.05, 4.69) is 41.6 Å². The Morgan fingerprint density at radius 1 is 1.14 bits per heavy atom. The number of rotatable bonds is 3. The number of fused-ring (bicyclic) bond motifs is 1. The van der Waals surface area contributed by atoms with E-state index in [1.807, 2.05) is 18.2 Å². The Morgan fingerprint density at radius 2 is 1.95 bits per heavy atom. The summed E-state index contributed by atoms with van der Waals surface area (Å²) >= 11 is 6.10. The molecule has 2 aromatic carbocycles. The maximum Gasteiger partial charge on any atom is 0.146 e. The monoisotopic (exact) mass is 300 g/mol. The molecule has 3 nitrogen and oxygen atoms in total. The van der Waals surface area contributed by atoms with Gasteiger partial charge in [-0.3, -0.25) is 4.57 Å². The number of aromatic nitrogens is 2. The average molecular weight is 301 g/mol. The van der Waals surface area contributed by atoms with Crippen LogP contribution in [0.1, 0.15) is 17.0 Å². The van der Waals surface area contributed by atoms with Crippen molar-refractivity contribution in [3.05, 3.63) is 53.3 Å². The van der Waals surface area contributed by atoms with Gasteiger partial charge in [-0.05, 0) is 49.2 Å². The minimum absolute atomic E-state index is 0.352. The van der Waals surface area contributed by atoms with Crippen molar-refractivity contribution >= 4 is 22.6 Å². The summed E-state index contributed by atoms with van der Waals surface area (Å²) < 4.78 is 7.49. The van der Waals surface area contributed by atoms with Crippen molar-refractivity contribution in [3.63, 3.8) is 0 Å². The van der Waals surface area contributed by atoms with Crippen molar-refractivity contribution in [2.24, 2.45) is 0 Å². The predicted octanol–water partition coefficient (Wildman–Crippen LogP) is 4.39. The van der Waals surface area contributed by atoms with E-state index < -0.39 is 0 Å². The molecule has 0 fully saturated rings. The summed E-state index contributed by atoms with van der Waals surface area (Å²) in [7, 11) is 1.66. The second kappa shape index (κ2) is 5.41. The quantitative estimate of drug-likeness (QED) is 0.671. The number of imidazole rings is 1. The third-order valence-electron chi connectivity index (χ3n) is 3.81. The number of para-hydroxylation sites is 1. The number of hydrogen-bond donors (Lipinski definition) is 0. The molecule has 0 aliphatic rings. The van der Waals surface area contributed by atoms with Crippen LogP contribution in [-0.2, 0) is 5.88 Å². The molecule has 0 amide bonds. The summed E-state index contributed by atoms with van der Waals surface area (Å²) in [5, 5.41) is 0. The lowest BCUT2D eigenvalue weighted by Gasteiger charge is -2.10. The van der Waals surface area contributed by atoms with E-state index in [0.29, 0.717) is 5.88 Å². The molecule has 0 saturated heterocycles. The van der Waals surface area contributed by atoms with Gasteiger partial charge in [-0.1, -0.05) is 12.1 Å². The van der Waals surface area contributed by atoms with Crippen LogP contribution < -0.4 is 4.74 Å². The van der Waals surface area contributed by atoms with E-state index in [1.165, 1.54) is 11.1 Å². The number of methoxy groups -OCH3 is 1. The number of benzene rings is 2. The van der Waals surface area contributed by atoms with Crippen LogP contribution in [0.25, 0.3) is 16.7 Å². The number of halogens is 1.